The van der Waals surface area contributed by atoms with Gasteiger partial charge in [-0.2, -0.15) is 0 Å². The largest absolute Gasteiger partial charge is 0.496 e. The maximum absolute atomic E-state index is 5.71. The van der Waals surface area contributed by atoms with Crippen LogP contribution >= 0.6 is 0 Å². The van der Waals surface area contributed by atoms with E-state index in [1.54, 1.807) is 7.11 Å². The molecule has 1 heterocycles. The van der Waals surface area contributed by atoms with E-state index in [-0.39, 0.29) is 0 Å². The molecule has 1 aromatic heterocycles. The van der Waals surface area contributed by atoms with E-state index in [1.165, 1.54) is 11.1 Å². The third-order valence-electron chi connectivity index (χ3n) is 5.39. The Labute approximate surface area is 163 Å². The lowest BCUT2D eigenvalue weighted by Gasteiger charge is -2.20. The van der Waals surface area contributed by atoms with Gasteiger partial charge >= 0.3 is 0 Å². The normalized spacial score (nSPS) is 12.5. The number of benzene rings is 1. The van der Waals surface area contributed by atoms with Gasteiger partial charge in [0, 0.05) is 11.6 Å². The van der Waals surface area contributed by atoms with Gasteiger partial charge in [-0.3, -0.25) is 0 Å². The summed E-state index contributed by atoms with van der Waals surface area (Å²) in [6.45, 7) is 8.69. The van der Waals surface area contributed by atoms with Gasteiger partial charge in [-0.1, -0.05) is 39.8 Å². The van der Waals surface area contributed by atoms with Crippen LogP contribution in [0.25, 0.3) is 17.3 Å². The summed E-state index contributed by atoms with van der Waals surface area (Å²) in [5, 5.41) is 3.61. The van der Waals surface area contributed by atoms with Crippen LogP contribution in [0.5, 0.6) is 5.75 Å². The molecule has 27 heavy (non-hydrogen) atoms. The van der Waals surface area contributed by atoms with Crippen molar-refractivity contribution in [1.29, 1.82) is 0 Å². The summed E-state index contributed by atoms with van der Waals surface area (Å²) < 4.78 is 5.71. The maximum Gasteiger partial charge on any atom is 0.148 e. The van der Waals surface area contributed by atoms with Gasteiger partial charge < -0.3 is 10.1 Å². The molecule has 0 saturated carbocycles. The monoisotopic (exact) mass is 365 g/mol. The second-order valence-electron chi connectivity index (χ2n) is 7.04. The Balaban J connectivity index is 2.11. The van der Waals surface area contributed by atoms with Crippen molar-refractivity contribution in [3.63, 3.8) is 0 Å². The first kappa shape index (κ1) is 19.4. The Hall–Kier alpha value is -2.36. The molecule has 1 N–H and O–H groups in total. The average molecular weight is 366 g/mol. The van der Waals surface area contributed by atoms with E-state index in [9.17, 15) is 0 Å². The molecule has 0 radical (unpaired) electrons. The Bertz CT molecular complexity index is 838. The molecule has 4 nitrogen and oxygen atoms in total. The summed E-state index contributed by atoms with van der Waals surface area (Å²) in [7, 11) is 1.73. The van der Waals surface area contributed by atoms with E-state index >= 15 is 0 Å². The number of aromatic nitrogens is 2. The van der Waals surface area contributed by atoms with Crippen LogP contribution in [0.15, 0.2) is 18.2 Å². The molecule has 1 aliphatic carbocycles. The summed E-state index contributed by atoms with van der Waals surface area (Å²) in [6.07, 6.45) is 9.17. The second kappa shape index (κ2) is 8.55. The van der Waals surface area contributed by atoms with E-state index < -0.39 is 0 Å². The molecule has 2 aromatic rings. The molecule has 4 heteroatoms. The van der Waals surface area contributed by atoms with Crippen molar-refractivity contribution in [3.05, 3.63) is 40.7 Å². The highest BCUT2D eigenvalue weighted by Crippen LogP contribution is 2.37. The van der Waals surface area contributed by atoms with Crippen LogP contribution in [0.4, 0.5) is 5.82 Å². The molecule has 0 amide bonds. The number of fused-ring (bicyclic) bond motifs is 1. The van der Waals surface area contributed by atoms with Gasteiger partial charge in [-0.25, -0.2) is 9.97 Å². The van der Waals surface area contributed by atoms with Crippen LogP contribution in [0.3, 0.4) is 0 Å². The first-order valence-electron chi connectivity index (χ1n) is 10.2. The molecule has 0 aliphatic heterocycles. The topological polar surface area (TPSA) is 47.0 Å². The number of hydrogen-bond donors (Lipinski definition) is 1. The minimum absolute atomic E-state index is 0.431. The zero-order valence-electron chi connectivity index (χ0n) is 17.2. The number of allylic oxidation sites excluding steroid dienone is 1. The van der Waals surface area contributed by atoms with Gasteiger partial charge in [-0.15, -0.1) is 0 Å². The van der Waals surface area contributed by atoms with E-state index in [1.807, 2.05) is 0 Å². The van der Waals surface area contributed by atoms with E-state index in [0.29, 0.717) is 6.04 Å². The Morgan fingerprint density at radius 1 is 1.04 bits per heavy atom. The van der Waals surface area contributed by atoms with Crippen LogP contribution in [-0.2, 0) is 19.3 Å². The zero-order valence-corrected chi connectivity index (χ0v) is 17.2. The Kier molecular flexibility index (Phi) is 6.15. The molecule has 0 atom stereocenters. The molecule has 0 fully saturated rings. The Morgan fingerprint density at radius 2 is 1.78 bits per heavy atom. The van der Waals surface area contributed by atoms with Crippen molar-refractivity contribution in [1.82, 2.24) is 9.97 Å². The lowest BCUT2D eigenvalue weighted by molar-refractivity contribution is 0.416. The summed E-state index contributed by atoms with van der Waals surface area (Å²) in [5.41, 5.74) is 6.61. The zero-order chi connectivity index (χ0) is 19.4. The van der Waals surface area contributed by atoms with E-state index in [0.717, 1.165) is 66.3 Å². The summed E-state index contributed by atoms with van der Waals surface area (Å²) >= 11 is 0. The lowest BCUT2D eigenvalue weighted by Crippen LogP contribution is -2.20. The molecule has 1 aromatic carbocycles. The van der Waals surface area contributed by atoms with Gasteiger partial charge in [0.05, 0.1) is 24.2 Å². The highest BCUT2D eigenvalue weighted by Gasteiger charge is 2.20. The molecule has 1 aliphatic rings. The van der Waals surface area contributed by atoms with Crippen LogP contribution in [-0.4, -0.2) is 23.1 Å². The molecule has 3 rings (SSSR count). The first-order chi connectivity index (χ1) is 13.1. The molecule has 0 unspecified atom stereocenters. The van der Waals surface area contributed by atoms with Crippen molar-refractivity contribution < 1.29 is 4.74 Å². The molecule has 144 valence electrons. The third kappa shape index (κ3) is 3.85. The summed E-state index contributed by atoms with van der Waals surface area (Å²) in [5.74, 6) is 1.81. The van der Waals surface area contributed by atoms with Gasteiger partial charge in [0.25, 0.3) is 0 Å². The molecule has 0 bridgehead atoms. The number of methoxy groups -OCH3 is 1. The summed E-state index contributed by atoms with van der Waals surface area (Å²) in [6, 6.07) is 4.78. The van der Waals surface area contributed by atoms with Gasteiger partial charge in [-0.05, 0) is 55.4 Å². The first-order valence-corrected chi connectivity index (χ1v) is 10.2. The number of hydrogen-bond acceptors (Lipinski definition) is 4. The van der Waals surface area contributed by atoms with Gasteiger partial charge in [0.2, 0.25) is 0 Å². The molecular weight excluding hydrogens is 334 g/mol. The number of rotatable bonds is 8. The fourth-order valence-corrected chi connectivity index (χ4v) is 3.65. The number of ether oxygens (including phenoxy) is 1. The van der Waals surface area contributed by atoms with E-state index in [2.05, 4.69) is 57.3 Å². The highest BCUT2D eigenvalue weighted by molar-refractivity contribution is 5.76. The number of anilines is 1. The number of aryl methyl sites for hydroxylation is 2. The SMILES string of the molecule is CCc1nc(-c2cc3c(cc2OC)C=CC3)c(CC)nc1NC(CC)CC. The van der Waals surface area contributed by atoms with Gasteiger partial charge in [0.1, 0.15) is 11.6 Å². The smallest absolute Gasteiger partial charge is 0.148 e. The van der Waals surface area contributed by atoms with Gasteiger partial charge in [0.15, 0.2) is 0 Å². The maximum atomic E-state index is 5.71. The third-order valence-corrected chi connectivity index (χ3v) is 5.39. The minimum Gasteiger partial charge on any atom is -0.496 e. The fraction of sp³-hybridized carbons (Fsp3) is 0.478. The standard InChI is InChI=1S/C23H31N3O/c1-6-17(7-2)24-23-20(9-4)25-22(19(8-3)26-23)18-13-15-11-10-12-16(15)14-21(18)27-5/h10,12-14,17H,6-9,11H2,1-5H3,(H,24,26). The molecular formula is C23H31N3O. The fourth-order valence-electron chi connectivity index (χ4n) is 3.65. The van der Waals surface area contributed by atoms with Crippen LogP contribution in [0, 0.1) is 0 Å². The average Bonchev–Trinajstić information content (AvgIpc) is 3.17. The molecule has 0 spiro atoms. The minimum atomic E-state index is 0.431. The highest BCUT2D eigenvalue weighted by atomic mass is 16.5. The van der Waals surface area contributed by atoms with Crippen LogP contribution in [0.1, 0.15) is 63.1 Å². The molecule has 0 saturated heterocycles. The predicted molar refractivity (Wildman–Crippen MR) is 114 cm³/mol. The van der Waals surface area contributed by atoms with Crippen LogP contribution < -0.4 is 10.1 Å². The number of nitrogens with zero attached hydrogens (tertiary/aromatic N) is 2. The van der Waals surface area contributed by atoms with Crippen molar-refractivity contribution in [2.24, 2.45) is 0 Å². The van der Waals surface area contributed by atoms with E-state index in [4.69, 9.17) is 14.7 Å². The quantitative estimate of drug-likeness (QED) is 0.676. The summed E-state index contributed by atoms with van der Waals surface area (Å²) in [4.78, 5) is 10.1. The van der Waals surface area contributed by atoms with Crippen molar-refractivity contribution >= 4 is 11.9 Å². The number of nitrogens with one attached hydrogen (secondary N) is 1. The predicted octanol–water partition coefficient (Wildman–Crippen LogP) is 5.45. The van der Waals surface area contributed by atoms with Crippen molar-refractivity contribution in [3.8, 4) is 17.0 Å². The van der Waals surface area contributed by atoms with Crippen molar-refractivity contribution in [2.45, 2.75) is 65.8 Å². The second-order valence-corrected chi connectivity index (χ2v) is 7.04. The van der Waals surface area contributed by atoms with Crippen molar-refractivity contribution in [2.75, 3.05) is 12.4 Å². The lowest BCUT2D eigenvalue weighted by atomic mass is 10.00. The van der Waals surface area contributed by atoms with Crippen LogP contribution in [0.2, 0.25) is 0 Å². The Morgan fingerprint density at radius 3 is 2.41 bits per heavy atom.